The number of carbonyl (C=O) groups is 5. The summed E-state index contributed by atoms with van der Waals surface area (Å²) in [5.74, 6) is -7.92. The molecule has 16 heteroatoms. The first kappa shape index (κ1) is 62.9. The normalized spacial score (nSPS) is 37.3. The molecule has 414 valence electrons. The summed E-state index contributed by atoms with van der Waals surface area (Å²) < 4.78 is 37.7. The van der Waals surface area contributed by atoms with Crippen molar-refractivity contribution in [3.05, 3.63) is 47.6 Å². The number of fused-ring (bicyclic) bond motifs is 3. The number of hydrogen-bond acceptors (Lipinski definition) is 14. The SMILES string of the molecule is CO[C@@H]1C[C@H](C[C@@H](C)[C@@H]2CC(=O)[C@H](C)/C=C(\C)[C@@H](O)[C@@H](OC)C(=O)[C@H](C)C[C@H](C)/C=C/C=C/C=C(\C)[C@H](OCCCCO)C[C@@H]3CC[C@@H](C)[C@@](O)(O3)C(=O)C(=O)N3CCCC[C@H]3C(=O)O2)CC[C@H]1OCCCI. The van der Waals surface area contributed by atoms with Crippen LogP contribution in [0.1, 0.15) is 145 Å². The molecule has 1 saturated carbocycles. The number of amides is 1. The second kappa shape index (κ2) is 31.5. The van der Waals surface area contributed by atoms with E-state index < -0.39 is 77.8 Å². The number of ether oxygens (including phenoxy) is 6. The standard InChI is InChI=1S/C57H90INO14/c1-36-18-11-10-12-19-37(2)48(71-28-16-15-27-60)34-44-23-21-42(7)57(67,73-44)54(64)55(65)59-26-14-13-20-45(59)56(66)72-49(39(4)32-43-22-24-47(50(33-43)68-8)70-29-17-25-58)35-46(61)38(3)31-41(6)52(63)53(69-9)51(62)40(5)30-36/h10-12,18-19,31,36,38-40,42-45,47-50,52-53,60,63,67H,13-17,20-30,32-35H2,1-9H3/b12-10+,18-11+,37-19+,41-31+/t36-,38-,39-,40-,42-,43+,44+,45+,47-,48-,49+,50-,52-,53+,57-/m1/s1. The van der Waals surface area contributed by atoms with Crippen LogP contribution in [-0.4, -0.2) is 149 Å². The van der Waals surface area contributed by atoms with Crippen molar-refractivity contribution in [2.24, 2.45) is 35.5 Å². The summed E-state index contributed by atoms with van der Waals surface area (Å²) in [7, 11) is 3.08. The fraction of sp³-hybridized carbons (Fsp3) is 0.772. The number of hydrogen-bond donors (Lipinski definition) is 3. The molecule has 1 amide bonds. The van der Waals surface area contributed by atoms with Gasteiger partial charge in [0.05, 0.1) is 24.4 Å². The molecule has 0 unspecified atom stereocenters. The summed E-state index contributed by atoms with van der Waals surface area (Å²) >= 11 is 2.34. The Bertz CT molecular complexity index is 1900. The van der Waals surface area contributed by atoms with Crippen LogP contribution in [0.2, 0.25) is 0 Å². The molecule has 0 aromatic rings. The minimum Gasteiger partial charge on any atom is -0.460 e. The highest BCUT2D eigenvalue weighted by atomic mass is 127. The fourth-order valence-electron chi connectivity index (χ4n) is 10.9. The van der Waals surface area contributed by atoms with Crippen molar-refractivity contribution in [1.29, 1.82) is 0 Å². The molecule has 0 radical (unpaired) electrons. The van der Waals surface area contributed by atoms with Gasteiger partial charge in [-0.2, -0.15) is 0 Å². The number of Topliss-reactive ketones (excluding diaryl/α,β-unsaturated/α-hetero) is 3. The molecule has 0 aromatic carbocycles. The Balaban J connectivity index is 1.71. The van der Waals surface area contributed by atoms with Gasteiger partial charge >= 0.3 is 5.97 Å². The van der Waals surface area contributed by atoms with Gasteiger partial charge < -0.3 is 48.6 Å². The zero-order chi connectivity index (χ0) is 53.8. The van der Waals surface area contributed by atoms with Crippen LogP contribution in [0.15, 0.2) is 47.6 Å². The molecule has 3 fully saturated rings. The van der Waals surface area contributed by atoms with Gasteiger partial charge in [-0.3, -0.25) is 19.2 Å². The van der Waals surface area contributed by atoms with Crippen LogP contribution in [0.25, 0.3) is 0 Å². The van der Waals surface area contributed by atoms with Crippen LogP contribution in [0.4, 0.5) is 0 Å². The number of cyclic esters (lactones) is 1. The zero-order valence-corrected chi connectivity index (χ0v) is 47.5. The highest BCUT2D eigenvalue weighted by Crippen LogP contribution is 2.38. The molecule has 15 nitrogen and oxygen atoms in total. The van der Waals surface area contributed by atoms with Crippen molar-refractivity contribution in [2.45, 2.75) is 199 Å². The van der Waals surface area contributed by atoms with Crippen LogP contribution in [0, 0.1) is 35.5 Å². The molecule has 2 bridgehead atoms. The fourth-order valence-corrected chi connectivity index (χ4v) is 11.2. The van der Waals surface area contributed by atoms with Gasteiger partial charge in [-0.1, -0.05) is 93.7 Å². The van der Waals surface area contributed by atoms with Crippen LogP contribution in [0.5, 0.6) is 0 Å². The van der Waals surface area contributed by atoms with E-state index in [1.807, 2.05) is 58.1 Å². The number of nitrogens with zero attached hydrogens (tertiary/aromatic N) is 1. The van der Waals surface area contributed by atoms with E-state index >= 15 is 0 Å². The largest absolute Gasteiger partial charge is 0.460 e. The van der Waals surface area contributed by atoms with E-state index in [4.69, 9.17) is 28.4 Å². The Labute approximate surface area is 449 Å². The van der Waals surface area contributed by atoms with Gasteiger partial charge in [0.1, 0.15) is 30.1 Å². The number of piperidine rings is 1. The molecule has 0 aromatic heterocycles. The molecule has 1 aliphatic carbocycles. The van der Waals surface area contributed by atoms with Gasteiger partial charge in [0.2, 0.25) is 5.79 Å². The van der Waals surface area contributed by atoms with E-state index in [2.05, 4.69) is 22.6 Å². The highest BCUT2D eigenvalue weighted by molar-refractivity contribution is 14.1. The molecule has 15 atom stereocenters. The number of allylic oxidation sites excluding steroid dienone is 6. The van der Waals surface area contributed by atoms with Crippen LogP contribution < -0.4 is 0 Å². The lowest BCUT2D eigenvalue weighted by Crippen LogP contribution is -2.61. The summed E-state index contributed by atoms with van der Waals surface area (Å²) in [6.45, 7) is 13.9. The second-order valence-electron chi connectivity index (χ2n) is 21.5. The van der Waals surface area contributed by atoms with Crippen molar-refractivity contribution in [2.75, 3.05) is 45.0 Å². The monoisotopic (exact) mass is 1140 g/mol. The van der Waals surface area contributed by atoms with Gasteiger partial charge in [-0.25, -0.2) is 4.79 Å². The lowest BCUT2D eigenvalue weighted by atomic mass is 9.78. The molecule has 3 heterocycles. The van der Waals surface area contributed by atoms with Gasteiger partial charge in [-0.05, 0) is 126 Å². The van der Waals surface area contributed by atoms with Crippen molar-refractivity contribution in [1.82, 2.24) is 4.90 Å². The van der Waals surface area contributed by atoms with Crippen molar-refractivity contribution >= 4 is 51.8 Å². The lowest BCUT2D eigenvalue weighted by molar-refractivity contribution is -0.266. The van der Waals surface area contributed by atoms with Crippen molar-refractivity contribution in [3.8, 4) is 0 Å². The quantitative estimate of drug-likeness (QED) is 0.0375. The minimum atomic E-state index is -2.46. The van der Waals surface area contributed by atoms with Crippen LogP contribution in [0.3, 0.4) is 0 Å². The van der Waals surface area contributed by atoms with Gasteiger partial charge in [0.25, 0.3) is 11.7 Å². The van der Waals surface area contributed by atoms with Crippen molar-refractivity contribution < 1.29 is 67.7 Å². The maximum absolute atomic E-state index is 14.6. The maximum Gasteiger partial charge on any atom is 0.329 e. The second-order valence-corrected chi connectivity index (χ2v) is 22.6. The summed E-state index contributed by atoms with van der Waals surface area (Å²) in [6.07, 6.45) is 14.6. The predicted molar refractivity (Wildman–Crippen MR) is 288 cm³/mol. The first-order valence-electron chi connectivity index (χ1n) is 27.2. The molecule has 2 saturated heterocycles. The number of methoxy groups -OCH3 is 2. The Morgan fingerprint density at radius 2 is 1.59 bits per heavy atom. The third-order valence-corrected chi connectivity index (χ3v) is 16.4. The number of unbranched alkanes of at least 4 members (excludes halogenated alkanes) is 1. The number of alkyl halides is 1. The average molecular weight is 1140 g/mol. The topological polar surface area (TPSA) is 205 Å². The average Bonchev–Trinajstić information content (AvgIpc) is 3.37. The van der Waals surface area contributed by atoms with E-state index in [0.717, 1.165) is 35.7 Å². The molecule has 73 heavy (non-hydrogen) atoms. The highest BCUT2D eigenvalue weighted by Gasteiger charge is 2.53. The van der Waals surface area contributed by atoms with Crippen molar-refractivity contribution in [3.63, 3.8) is 0 Å². The van der Waals surface area contributed by atoms with E-state index in [0.29, 0.717) is 70.2 Å². The van der Waals surface area contributed by atoms with E-state index in [1.54, 1.807) is 34.0 Å². The number of rotatable bonds is 14. The summed E-state index contributed by atoms with van der Waals surface area (Å²) in [5, 5.41) is 33.1. The molecule has 4 aliphatic rings. The molecule has 3 aliphatic heterocycles. The third kappa shape index (κ3) is 18.5. The first-order chi connectivity index (χ1) is 34.8. The number of ketones is 3. The minimum absolute atomic E-state index is 0.00128. The van der Waals surface area contributed by atoms with E-state index in [9.17, 15) is 39.3 Å². The Morgan fingerprint density at radius 3 is 2.29 bits per heavy atom. The summed E-state index contributed by atoms with van der Waals surface area (Å²) in [5.41, 5.74) is 1.26. The number of carbonyl (C=O) groups excluding carboxylic acids is 5. The number of halogens is 1. The first-order valence-corrected chi connectivity index (χ1v) is 28.7. The van der Waals surface area contributed by atoms with Crippen LogP contribution >= 0.6 is 22.6 Å². The zero-order valence-electron chi connectivity index (χ0n) is 45.3. The molecule has 4 rings (SSSR count). The Morgan fingerprint density at radius 1 is 0.849 bits per heavy atom. The Hall–Kier alpha value is -2.68. The third-order valence-electron chi connectivity index (χ3n) is 15.7. The summed E-state index contributed by atoms with van der Waals surface area (Å²) in [4.78, 5) is 72.8. The van der Waals surface area contributed by atoms with Gasteiger partial charge in [0.15, 0.2) is 5.78 Å². The smallest absolute Gasteiger partial charge is 0.329 e. The number of aliphatic hydroxyl groups excluding tert-OH is 2. The predicted octanol–water partition coefficient (Wildman–Crippen LogP) is 8.17. The van der Waals surface area contributed by atoms with Gasteiger partial charge in [-0.15, -0.1) is 0 Å². The molecular formula is C57H90INO14. The van der Waals surface area contributed by atoms with Gasteiger partial charge in [0, 0.05) is 75.6 Å². The number of esters is 1. The van der Waals surface area contributed by atoms with E-state index in [1.165, 1.54) is 12.0 Å². The molecule has 0 spiro atoms. The Kier molecular flexibility index (Phi) is 27.1. The molecular weight excluding hydrogens is 1050 g/mol. The van der Waals surface area contributed by atoms with E-state index in [-0.39, 0.29) is 73.9 Å². The molecule has 3 N–H and O–H groups in total. The summed E-state index contributed by atoms with van der Waals surface area (Å²) in [6, 6.07) is -1.15. The lowest BCUT2D eigenvalue weighted by Gasteiger charge is -2.43. The maximum atomic E-state index is 14.6. The number of aliphatic hydroxyl groups is 3. The van der Waals surface area contributed by atoms with Crippen LogP contribution in [-0.2, 0) is 52.4 Å².